The van der Waals surface area contributed by atoms with Crippen LogP contribution in [-0.4, -0.2) is 46.7 Å². The van der Waals surface area contributed by atoms with Gasteiger partial charge in [0.05, 0.1) is 0 Å². The van der Waals surface area contributed by atoms with Crippen molar-refractivity contribution in [1.82, 2.24) is 4.90 Å². The van der Waals surface area contributed by atoms with Gasteiger partial charge in [-0.3, -0.25) is 4.79 Å². The number of carboxylic acids is 1. The molecule has 2 heterocycles. The number of hydrogen-bond donors (Lipinski definition) is 1. The van der Waals surface area contributed by atoms with Crippen molar-refractivity contribution >= 4 is 11.9 Å². The summed E-state index contributed by atoms with van der Waals surface area (Å²) in [7, 11) is 0. The van der Waals surface area contributed by atoms with Gasteiger partial charge < -0.3 is 14.7 Å². The van der Waals surface area contributed by atoms with Crippen LogP contribution in [0.15, 0.2) is 0 Å². The molecule has 2 aliphatic heterocycles. The van der Waals surface area contributed by atoms with Gasteiger partial charge in [-0.1, -0.05) is 6.92 Å². The van der Waals surface area contributed by atoms with Gasteiger partial charge in [0.2, 0.25) is 0 Å². The van der Waals surface area contributed by atoms with Crippen molar-refractivity contribution in [2.24, 2.45) is 0 Å². The molecule has 0 aromatic heterocycles. The minimum Gasteiger partial charge on any atom is -0.479 e. The van der Waals surface area contributed by atoms with E-state index in [-0.39, 0.29) is 5.91 Å². The molecule has 0 saturated carbocycles. The molecular formula is C13H21NO4. The van der Waals surface area contributed by atoms with Gasteiger partial charge >= 0.3 is 5.97 Å². The van der Waals surface area contributed by atoms with Crippen LogP contribution in [0.5, 0.6) is 0 Å². The Bertz CT molecular complexity index is 331. The molecule has 0 bridgehead atoms. The first kappa shape index (κ1) is 13.3. The second-order valence-electron chi connectivity index (χ2n) is 5.12. The Morgan fingerprint density at radius 1 is 1.22 bits per heavy atom. The van der Waals surface area contributed by atoms with E-state index in [1.807, 2.05) is 4.90 Å². The summed E-state index contributed by atoms with van der Waals surface area (Å²) in [6, 6.07) is 0.304. The topological polar surface area (TPSA) is 66.8 Å². The Balaban J connectivity index is 1.96. The van der Waals surface area contributed by atoms with E-state index in [4.69, 9.17) is 9.84 Å². The molecule has 5 nitrogen and oxygen atoms in total. The Morgan fingerprint density at radius 2 is 1.94 bits per heavy atom. The lowest BCUT2D eigenvalue weighted by atomic mass is 9.99. The Morgan fingerprint density at radius 3 is 2.56 bits per heavy atom. The third-order valence-corrected chi connectivity index (χ3v) is 3.95. The van der Waals surface area contributed by atoms with Crippen LogP contribution in [0, 0.1) is 0 Å². The number of aliphatic carboxylic acids is 1. The highest BCUT2D eigenvalue weighted by atomic mass is 16.5. The van der Waals surface area contributed by atoms with E-state index >= 15 is 0 Å². The minimum absolute atomic E-state index is 0.00898. The summed E-state index contributed by atoms with van der Waals surface area (Å²) in [5.74, 6) is -0.971. The minimum atomic E-state index is -0.962. The van der Waals surface area contributed by atoms with Gasteiger partial charge in [-0.2, -0.15) is 0 Å². The van der Waals surface area contributed by atoms with Gasteiger partial charge in [0, 0.05) is 12.6 Å². The van der Waals surface area contributed by atoms with Gasteiger partial charge in [0.15, 0.2) is 6.10 Å². The zero-order chi connectivity index (χ0) is 13.1. The van der Waals surface area contributed by atoms with Crippen LogP contribution >= 0.6 is 0 Å². The monoisotopic (exact) mass is 255 g/mol. The lowest BCUT2D eigenvalue weighted by molar-refractivity contribution is -0.156. The van der Waals surface area contributed by atoms with Gasteiger partial charge in [0.1, 0.15) is 6.10 Å². The molecule has 2 rings (SSSR count). The third kappa shape index (κ3) is 2.66. The van der Waals surface area contributed by atoms with Crippen LogP contribution in [0.3, 0.4) is 0 Å². The van der Waals surface area contributed by atoms with Crippen molar-refractivity contribution in [2.45, 2.75) is 63.7 Å². The molecule has 2 aliphatic rings. The highest BCUT2D eigenvalue weighted by Crippen LogP contribution is 2.26. The molecule has 1 N–H and O–H groups in total. The highest BCUT2D eigenvalue weighted by molar-refractivity contribution is 5.83. The van der Waals surface area contributed by atoms with Crippen molar-refractivity contribution in [3.05, 3.63) is 0 Å². The van der Waals surface area contributed by atoms with Crippen LogP contribution in [0.2, 0.25) is 0 Å². The SMILES string of the molecule is CCC1CCCCN1C(=O)C1CCC(C(=O)O)O1. The van der Waals surface area contributed by atoms with Crippen LogP contribution in [-0.2, 0) is 14.3 Å². The molecule has 2 fully saturated rings. The fourth-order valence-corrected chi connectivity index (χ4v) is 2.90. The fourth-order valence-electron chi connectivity index (χ4n) is 2.90. The lowest BCUT2D eigenvalue weighted by Crippen LogP contribution is -2.48. The van der Waals surface area contributed by atoms with Gasteiger partial charge in [0.25, 0.3) is 5.91 Å². The smallest absolute Gasteiger partial charge is 0.332 e. The normalized spacial score (nSPS) is 32.5. The number of nitrogens with zero attached hydrogens (tertiary/aromatic N) is 1. The van der Waals surface area contributed by atoms with E-state index in [1.165, 1.54) is 6.42 Å². The van der Waals surface area contributed by atoms with Gasteiger partial charge in [-0.25, -0.2) is 4.79 Å². The van der Waals surface area contributed by atoms with Crippen molar-refractivity contribution in [2.75, 3.05) is 6.54 Å². The number of carboxylic acid groups (broad SMARTS) is 1. The van der Waals surface area contributed by atoms with E-state index in [0.29, 0.717) is 18.9 Å². The van der Waals surface area contributed by atoms with Gasteiger partial charge in [-0.15, -0.1) is 0 Å². The van der Waals surface area contributed by atoms with E-state index in [2.05, 4.69) is 6.92 Å². The summed E-state index contributed by atoms with van der Waals surface area (Å²) in [4.78, 5) is 25.1. The number of rotatable bonds is 3. The van der Waals surface area contributed by atoms with Crippen molar-refractivity contribution in [3.8, 4) is 0 Å². The number of amides is 1. The molecule has 102 valence electrons. The predicted molar refractivity (Wildman–Crippen MR) is 65.2 cm³/mol. The summed E-state index contributed by atoms with van der Waals surface area (Å²) in [5, 5.41) is 8.87. The third-order valence-electron chi connectivity index (χ3n) is 3.95. The number of ether oxygens (including phenoxy) is 1. The molecule has 2 saturated heterocycles. The van der Waals surface area contributed by atoms with Crippen LogP contribution in [0.25, 0.3) is 0 Å². The number of piperidine rings is 1. The fraction of sp³-hybridized carbons (Fsp3) is 0.846. The molecule has 0 radical (unpaired) electrons. The number of carbonyl (C=O) groups excluding carboxylic acids is 1. The quantitative estimate of drug-likeness (QED) is 0.828. The lowest BCUT2D eigenvalue weighted by Gasteiger charge is -2.36. The van der Waals surface area contributed by atoms with Crippen LogP contribution in [0.4, 0.5) is 0 Å². The average molecular weight is 255 g/mol. The first-order valence-corrected chi connectivity index (χ1v) is 6.82. The molecule has 3 atom stereocenters. The van der Waals surface area contributed by atoms with Crippen molar-refractivity contribution < 1.29 is 19.4 Å². The maximum Gasteiger partial charge on any atom is 0.332 e. The maximum absolute atomic E-state index is 12.3. The molecule has 1 amide bonds. The Labute approximate surface area is 107 Å². The van der Waals surface area contributed by atoms with Crippen molar-refractivity contribution in [1.29, 1.82) is 0 Å². The molecule has 0 aromatic rings. The summed E-state index contributed by atoms with van der Waals surface area (Å²) >= 11 is 0. The standard InChI is InChI=1S/C13H21NO4/c1-2-9-5-3-4-8-14(9)12(15)10-6-7-11(18-10)13(16)17/h9-11H,2-8H2,1H3,(H,16,17). The first-order valence-electron chi connectivity index (χ1n) is 6.82. The number of likely N-dealkylation sites (tertiary alicyclic amines) is 1. The van der Waals surface area contributed by atoms with E-state index in [1.54, 1.807) is 0 Å². The Hall–Kier alpha value is -1.10. The second kappa shape index (κ2) is 5.69. The molecule has 3 unspecified atom stereocenters. The van der Waals surface area contributed by atoms with Crippen LogP contribution < -0.4 is 0 Å². The van der Waals surface area contributed by atoms with E-state index < -0.39 is 18.2 Å². The van der Waals surface area contributed by atoms with Gasteiger partial charge in [-0.05, 0) is 38.5 Å². The molecule has 18 heavy (non-hydrogen) atoms. The highest BCUT2D eigenvalue weighted by Gasteiger charge is 2.38. The molecule has 0 spiro atoms. The molecule has 0 aromatic carbocycles. The van der Waals surface area contributed by atoms with E-state index in [0.717, 1.165) is 25.8 Å². The largest absolute Gasteiger partial charge is 0.479 e. The number of hydrogen-bond acceptors (Lipinski definition) is 3. The zero-order valence-electron chi connectivity index (χ0n) is 10.8. The Kier molecular flexibility index (Phi) is 4.22. The number of carbonyl (C=O) groups is 2. The summed E-state index contributed by atoms with van der Waals surface area (Å²) in [6.07, 6.45) is 3.85. The first-order chi connectivity index (χ1) is 8.63. The average Bonchev–Trinajstić information content (AvgIpc) is 2.87. The molecule has 0 aliphatic carbocycles. The summed E-state index contributed by atoms with van der Waals surface area (Å²) in [6.45, 7) is 2.88. The van der Waals surface area contributed by atoms with Crippen LogP contribution in [0.1, 0.15) is 45.4 Å². The maximum atomic E-state index is 12.3. The summed E-state index contributed by atoms with van der Waals surface area (Å²) < 4.78 is 5.34. The summed E-state index contributed by atoms with van der Waals surface area (Å²) in [5.41, 5.74) is 0. The molecular weight excluding hydrogens is 234 g/mol. The predicted octanol–water partition coefficient (Wildman–Crippen LogP) is 1.41. The second-order valence-corrected chi connectivity index (χ2v) is 5.12. The van der Waals surface area contributed by atoms with E-state index in [9.17, 15) is 9.59 Å². The van der Waals surface area contributed by atoms with Crippen molar-refractivity contribution in [3.63, 3.8) is 0 Å². The zero-order valence-corrected chi connectivity index (χ0v) is 10.8. The molecule has 5 heteroatoms.